The summed E-state index contributed by atoms with van der Waals surface area (Å²) in [7, 11) is 0. The van der Waals surface area contributed by atoms with E-state index >= 15 is 0 Å². The smallest absolute Gasteiger partial charge is 0.229 e. The quantitative estimate of drug-likeness (QED) is 0.919. The largest absolute Gasteiger partial charge is 0.339 e. The molecule has 1 aliphatic rings. The van der Waals surface area contributed by atoms with Crippen molar-refractivity contribution in [1.82, 2.24) is 15.0 Å². The van der Waals surface area contributed by atoms with Gasteiger partial charge in [-0.05, 0) is 19.8 Å². The summed E-state index contributed by atoms with van der Waals surface area (Å²) in [5, 5.41) is 4.02. The molecule has 2 atom stereocenters. The monoisotopic (exact) mass is 302 g/mol. The van der Waals surface area contributed by atoms with Crippen LogP contribution in [0.25, 0.3) is 0 Å². The number of nitrogens with two attached hydrogens (primary N) is 1. The highest BCUT2D eigenvalue weighted by molar-refractivity contribution is 5.85. The molecular weight excluding hydrogens is 280 g/mol. The molecule has 1 fully saturated rings. The van der Waals surface area contributed by atoms with Crippen LogP contribution in [0.5, 0.6) is 0 Å². The lowest BCUT2D eigenvalue weighted by Gasteiger charge is -2.23. The van der Waals surface area contributed by atoms with Crippen LogP contribution in [-0.4, -0.2) is 33.5 Å². The lowest BCUT2D eigenvalue weighted by molar-refractivity contribution is -0.132. The first-order valence-corrected chi connectivity index (χ1v) is 6.87. The minimum Gasteiger partial charge on any atom is -0.339 e. The molecule has 0 radical (unpaired) electrons. The van der Waals surface area contributed by atoms with Crippen LogP contribution in [0.3, 0.4) is 0 Å². The van der Waals surface area contributed by atoms with E-state index in [9.17, 15) is 4.79 Å². The SMILES string of the molecule is CC(N)CC(=O)N1CCCC1c1noc(C(C)C)n1.Cl. The molecule has 1 aromatic rings. The fraction of sp³-hybridized carbons (Fsp3) is 0.769. The van der Waals surface area contributed by atoms with E-state index in [2.05, 4.69) is 10.1 Å². The molecule has 1 aromatic heterocycles. The molecule has 0 aromatic carbocycles. The molecule has 6 nitrogen and oxygen atoms in total. The number of hydrogen-bond acceptors (Lipinski definition) is 5. The van der Waals surface area contributed by atoms with Crippen molar-refractivity contribution in [3.63, 3.8) is 0 Å². The molecule has 114 valence electrons. The number of rotatable bonds is 4. The van der Waals surface area contributed by atoms with E-state index in [1.165, 1.54) is 0 Å². The number of carbonyl (C=O) groups excluding carboxylic acids is 1. The van der Waals surface area contributed by atoms with Crippen molar-refractivity contribution >= 4 is 18.3 Å². The van der Waals surface area contributed by atoms with Crippen molar-refractivity contribution in [1.29, 1.82) is 0 Å². The number of amides is 1. The molecule has 2 heterocycles. The number of nitrogens with zero attached hydrogens (tertiary/aromatic N) is 3. The molecular formula is C13H23ClN4O2. The highest BCUT2D eigenvalue weighted by Gasteiger charge is 2.33. The number of hydrogen-bond donors (Lipinski definition) is 1. The first-order valence-electron chi connectivity index (χ1n) is 6.87. The molecule has 0 saturated carbocycles. The van der Waals surface area contributed by atoms with E-state index < -0.39 is 0 Å². The Labute approximate surface area is 125 Å². The van der Waals surface area contributed by atoms with Crippen LogP contribution in [0.15, 0.2) is 4.52 Å². The standard InChI is InChI=1S/C13H22N4O2.ClH/c1-8(2)13-15-12(16-19-13)10-5-4-6-17(10)11(18)7-9(3)14;/h8-10H,4-7,14H2,1-3H3;1H. The Morgan fingerprint density at radius 1 is 1.50 bits per heavy atom. The molecule has 0 bridgehead atoms. The average molecular weight is 303 g/mol. The summed E-state index contributed by atoms with van der Waals surface area (Å²) in [6.07, 6.45) is 2.23. The van der Waals surface area contributed by atoms with Crippen LogP contribution in [0.2, 0.25) is 0 Å². The molecule has 2 N–H and O–H groups in total. The van der Waals surface area contributed by atoms with Crippen molar-refractivity contribution < 1.29 is 9.32 Å². The van der Waals surface area contributed by atoms with Crippen LogP contribution in [-0.2, 0) is 4.79 Å². The number of likely N-dealkylation sites (tertiary alicyclic amines) is 1. The Morgan fingerprint density at radius 2 is 2.20 bits per heavy atom. The van der Waals surface area contributed by atoms with Gasteiger partial charge in [-0.15, -0.1) is 12.4 Å². The zero-order valence-electron chi connectivity index (χ0n) is 12.2. The molecule has 1 amide bonds. The number of carbonyl (C=O) groups is 1. The third-order valence-electron chi connectivity index (χ3n) is 3.32. The normalized spacial score (nSPS) is 20.1. The minimum atomic E-state index is -0.120. The van der Waals surface area contributed by atoms with Crippen molar-refractivity contribution in [3.8, 4) is 0 Å². The Morgan fingerprint density at radius 3 is 2.75 bits per heavy atom. The van der Waals surface area contributed by atoms with Crippen molar-refractivity contribution in [3.05, 3.63) is 11.7 Å². The summed E-state index contributed by atoms with van der Waals surface area (Å²) in [5.74, 6) is 1.53. The number of halogens is 1. The van der Waals surface area contributed by atoms with E-state index in [-0.39, 0.29) is 36.3 Å². The van der Waals surface area contributed by atoms with Crippen molar-refractivity contribution in [2.45, 2.75) is 58.0 Å². The Balaban J connectivity index is 0.00000200. The van der Waals surface area contributed by atoms with Gasteiger partial charge in [-0.3, -0.25) is 4.79 Å². The Hall–Kier alpha value is -1.14. The van der Waals surface area contributed by atoms with Gasteiger partial charge in [-0.2, -0.15) is 4.98 Å². The second kappa shape index (κ2) is 7.04. The van der Waals surface area contributed by atoms with Gasteiger partial charge in [0.15, 0.2) is 5.82 Å². The van der Waals surface area contributed by atoms with Crippen LogP contribution >= 0.6 is 12.4 Å². The minimum absolute atomic E-state index is 0. The van der Waals surface area contributed by atoms with E-state index in [0.717, 1.165) is 19.4 Å². The van der Waals surface area contributed by atoms with Gasteiger partial charge in [0.1, 0.15) is 0 Å². The first kappa shape index (κ1) is 16.9. The molecule has 1 aliphatic heterocycles. The summed E-state index contributed by atoms with van der Waals surface area (Å²) >= 11 is 0. The van der Waals surface area contributed by atoms with Crippen LogP contribution in [0.4, 0.5) is 0 Å². The zero-order chi connectivity index (χ0) is 14.0. The Kier molecular flexibility index (Phi) is 5.95. The van der Waals surface area contributed by atoms with Gasteiger partial charge in [0, 0.05) is 24.9 Å². The number of aromatic nitrogens is 2. The zero-order valence-corrected chi connectivity index (χ0v) is 13.0. The molecule has 0 aliphatic carbocycles. The first-order chi connectivity index (χ1) is 8.99. The Bertz CT molecular complexity index is 447. The maximum atomic E-state index is 12.1. The van der Waals surface area contributed by atoms with Gasteiger partial charge in [0.2, 0.25) is 11.8 Å². The van der Waals surface area contributed by atoms with Gasteiger partial charge in [0.25, 0.3) is 0 Å². The van der Waals surface area contributed by atoms with E-state index in [4.69, 9.17) is 10.3 Å². The maximum absolute atomic E-state index is 12.1. The maximum Gasteiger partial charge on any atom is 0.229 e. The summed E-state index contributed by atoms with van der Waals surface area (Å²) < 4.78 is 5.22. The van der Waals surface area contributed by atoms with Crippen molar-refractivity contribution in [2.75, 3.05) is 6.54 Å². The molecule has 2 rings (SSSR count). The topological polar surface area (TPSA) is 85.3 Å². The van der Waals surface area contributed by atoms with Gasteiger partial charge in [-0.25, -0.2) is 0 Å². The summed E-state index contributed by atoms with van der Waals surface area (Å²) in [6, 6.07) is -0.173. The third kappa shape index (κ3) is 3.70. The van der Waals surface area contributed by atoms with E-state index in [1.807, 2.05) is 25.7 Å². The van der Waals surface area contributed by atoms with Crippen LogP contribution < -0.4 is 5.73 Å². The lowest BCUT2D eigenvalue weighted by atomic mass is 10.1. The van der Waals surface area contributed by atoms with Crippen LogP contribution in [0, 0.1) is 0 Å². The molecule has 20 heavy (non-hydrogen) atoms. The third-order valence-corrected chi connectivity index (χ3v) is 3.32. The molecule has 7 heteroatoms. The predicted molar refractivity (Wildman–Crippen MR) is 77.6 cm³/mol. The van der Waals surface area contributed by atoms with Gasteiger partial charge < -0.3 is 15.2 Å². The average Bonchev–Trinajstić information content (AvgIpc) is 2.96. The predicted octanol–water partition coefficient (Wildman–Crippen LogP) is 2.02. The fourth-order valence-corrected chi connectivity index (χ4v) is 2.34. The highest BCUT2D eigenvalue weighted by atomic mass is 35.5. The lowest BCUT2D eigenvalue weighted by Crippen LogP contribution is -2.34. The van der Waals surface area contributed by atoms with Gasteiger partial charge in [0.05, 0.1) is 6.04 Å². The van der Waals surface area contributed by atoms with E-state index in [1.54, 1.807) is 0 Å². The summed E-state index contributed by atoms with van der Waals surface area (Å²) in [4.78, 5) is 18.4. The summed E-state index contributed by atoms with van der Waals surface area (Å²) in [6.45, 7) is 6.60. The molecule has 2 unspecified atom stereocenters. The van der Waals surface area contributed by atoms with Gasteiger partial charge >= 0.3 is 0 Å². The molecule has 1 saturated heterocycles. The fourth-order valence-electron chi connectivity index (χ4n) is 2.34. The summed E-state index contributed by atoms with van der Waals surface area (Å²) in [5.41, 5.74) is 5.69. The van der Waals surface area contributed by atoms with Crippen molar-refractivity contribution in [2.24, 2.45) is 5.73 Å². The second-order valence-corrected chi connectivity index (χ2v) is 5.57. The van der Waals surface area contributed by atoms with Gasteiger partial charge in [-0.1, -0.05) is 19.0 Å². The molecule has 0 spiro atoms. The second-order valence-electron chi connectivity index (χ2n) is 5.57. The highest BCUT2D eigenvalue weighted by Crippen LogP contribution is 2.31. The van der Waals surface area contributed by atoms with Crippen LogP contribution in [0.1, 0.15) is 63.7 Å². The van der Waals surface area contributed by atoms with E-state index in [0.29, 0.717) is 18.1 Å².